The summed E-state index contributed by atoms with van der Waals surface area (Å²) in [5.41, 5.74) is 0. The van der Waals surface area contributed by atoms with Gasteiger partial charge >= 0.3 is 0 Å². The number of hydrogen-bond acceptors (Lipinski definition) is 3. The van der Waals surface area contributed by atoms with Crippen LogP contribution in [-0.4, -0.2) is 51.8 Å². The van der Waals surface area contributed by atoms with Crippen LogP contribution >= 0.6 is 0 Å². The molecule has 2 saturated heterocycles. The van der Waals surface area contributed by atoms with Crippen LogP contribution in [0.25, 0.3) is 0 Å². The zero-order valence-electron chi connectivity index (χ0n) is 11.9. The molecule has 2 rings (SSSR count). The molecule has 1 N–H and O–H groups in total. The lowest BCUT2D eigenvalue weighted by atomic mass is 9.94. The van der Waals surface area contributed by atoms with Crippen molar-refractivity contribution in [3.05, 3.63) is 0 Å². The van der Waals surface area contributed by atoms with E-state index in [0.717, 1.165) is 30.9 Å². The van der Waals surface area contributed by atoms with E-state index in [1.165, 1.54) is 25.8 Å². The number of nitrogens with zero attached hydrogens (tertiary/aromatic N) is 1. The van der Waals surface area contributed by atoms with Crippen LogP contribution in [0.2, 0.25) is 0 Å². The average molecular weight is 272 g/mol. The maximum absolute atomic E-state index is 11.4. The number of likely N-dealkylation sites (tertiary alicyclic amines) is 1. The standard InChI is InChI=1S/C14H28N2OS/c1-3-7-15-13-4-8-16(12(2)11-13)14-5-9-18(17)10-6-14/h12-15H,3-11H2,1-2H3. The molecule has 2 aliphatic rings. The summed E-state index contributed by atoms with van der Waals surface area (Å²) in [6.07, 6.45) is 6.07. The molecular weight excluding hydrogens is 244 g/mol. The molecule has 2 aliphatic heterocycles. The van der Waals surface area contributed by atoms with E-state index in [4.69, 9.17) is 0 Å². The van der Waals surface area contributed by atoms with Gasteiger partial charge in [-0.15, -0.1) is 0 Å². The summed E-state index contributed by atoms with van der Waals surface area (Å²) in [5, 5.41) is 3.66. The number of rotatable bonds is 4. The van der Waals surface area contributed by atoms with Crippen molar-refractivity contribution >= 4 is 10.8 Å². The molecule has 0 radical (unpaired) electrons. The molecule has 4 heteroatoms. The van der Waals surface area contributed by atoms with Gasteiger partial charge in [0.2, 0.25) is 0 Å². The van der Waals surface area contributed by atoms with Gasteiger partial charge in [-0.1, -0.05) is 6.92 Å². The molecule has 0 aliphatic carbocycles. The molecule has 0 spiro atoms. The first-order valence-electron chi connectivity index (χ1n) is 7.54. The number of piperidine rings is 1. The highest BCUT2D eigenvalue weighted by Gasteiger charge is 2.31. The largest absolute Gasteiger partial charge is 0.314 e. The fourth-order valence-corrected chi connectivity index (χ4v) is 4.65. The lowest BCUT2D eigenvalue weighted by Crippen LogP contribution is -2.52. The zero-order chi connectivity index (χ0) is 13.0. The van der Waals surface area contributed by atoms with E-state index in [1.54, 1.807) is 0 Å². The molecule has 106 valence electrons. The number of nitrogens with one attached hydrogen (secondary N) is 1. The van der Waals surface area contributed by atoms with Crippen molar-refractivity contribution in [1.29, 1.82) is 0 Å². The summed E-state index contributed by atoms with van der Waals surface area (Å²) in [5.74, 6) is 1.84. The van der Waals surface area contributed by atoms with Gasteiger partial charge in [0.05, 0.1) is 0 Å². The third kappa shape index (κ3) is 3.78. The molecular formula is C14H28N2OS. The highest BCUT2D eigenvalue weighted by Crippen LogP contribution is 2.25. The summed E-state index contributed by atoms with van der Waals surface area (Å²) in [4.78, 5) is 2.68. The molecule has 0 aromatic rings. The highest BCUT2D eigenvalue weighted by molar-refractivity contribution is 7.85. The second-order valence-electron chi connectivity index (χ2n) is 5.84. The Labute approximate surface area is 114 Å². The van der Waals surface area contributed by atoms with E-state index in [0.29, 0.717) is 18.1 Å². The van der Waals surface area contributed by atoms with Crippen LogP contribution in [0.4, 0.5) is 0 Å². The highest BCUT2D eigenvalue weighted by atomic mass is 32.2. The molecule has 2 fully saturated rings. The maximum Gasteiger partial charge on any atom is 0.0249 e. The van der Waals surface area contributed by atoms with Crippen molar-refractivity contribution in [2.75, 3.05) is 24.6 Å². The van der Waals surface area contributed by atoms with Crippen molar-refractivity contribution in [3.8, 4) is 0 Å². The van der Waals surface area contributed by atoms with E-state index < -0.39 is 10.8 Å². The second-order valence-corrected chi connectivity index (χ2v) is 7.54. The summed E-state index contributed by atoms with van der Waals surface area (Å²) in [6, 6.07) is 2.10. The SMILES string of the molecule is CCCNC1CCN(C2CCS(=O)CC2)C(C)C1. The summed E-state index contributed by atoms with van der Waals surface area (Å²) in [7, 11) is -0.527. The van der Waals surface area contributed by atoms with Gasteiger partial charge in [-0.25, -0.2) is 0 Å². The van der Waals surface area contributed by atoms with E-state index in [9.17, 15) is 4.21 Å². The summed E-state index contributed by atoms with van der Waals surface area (Å²) in [6.45, 7) is 6.97. The van der Waals surface area contributed by atoms with Crippen LogP contribution < -0.4 is 5.32 Å². The van der Waals surface area contributed by atoms with Gasteiger partial charge in [0.1, 0.15) is 0 Å². The Bertz CT molecular complexity index is 275. The third-order valence-corrected chi connectivity index (χ3v) is 5.82. The molecule has 18 heavy (non-hydrogen) atoms. The summed E-state index contributed by atoms with van der Waals surface area (Å²) >= 11 is 0. The fraction of sp³-hybridized carbons (Fsp3) is 1.00. The van der Waals surface area contributed by atoms with Crippen molar-refractivity contribution < 1.29 is 4.21 Å². The van der Waals surface area contributed by atoms with E-state index >= 15 is 0 Å². The van der Waals surface area contributed by atoms with Crippen LogP contribution in [0.15, 0.2) is 0 Å². The molecule has 3 nitrogen and oxygen atoms in total. The Hall–Kier alpha value is 0.0700. The Balaban J connectivity index is 1.80. The van der Waals surface area contributed by atoms with Gasteiger partial charge in [-0.2, -0.15) is 0 Å². The van der Waals surface area contributed by atoms with Crippen LogP contribution in [0, 0.1) is 0 Å². The van der Waals surface area contributed by atoms with Crippen LogP contribution in [0.1, 0.15) is 46.0 Å². The molecule has 2 atom stereocenters. The van der Waals surface area contributed by atoms with Crippen LogP contribution in [0.5, 0.6) is 0 Å². The molecule has 0 amide bonds. The van der Waals surface area contributed by atoms with Crippen LogP contribution in [0.3, 0.4) is 0 Å². The first kappa shape index (κ1) is 14.5. The molecule has 0 bridgehead atoms. The molecule has 0 aromatic heterocycles. The van der Waals surface area contributed by atoms with Crippen molar-refractivity contribution in [2.45, 2.75) is 64.1 Å². The van der Waals surface area contributed by atoms with Gasteiger partial charge in [-0.3, -0.25) is 9.11 Å². The lowest BCUT2D eigenvalue weighted by Gasteiger charge is -2.44. The van der Waals surface area contributed by atoms with E-state index in [2.05, 4.69) is 24.1 Å². The van der Waals surface area contributed by atoms with Gasteiger partial charge in [0.15, 0.2) is 0 Å². The fourth-order valence-electron chi connectivity index (χ4n) is 3.38. The minimum Gasteiger partial charge on any atom is -0.314 e. The Morgan fingerprint density at radius 3 is 2.61 bits per heavy atom. The lowest BCUT2D eigenvalue weighted by molar-refractivity contribution is 0.0825. The molecule has 2 unspecified atom stereocenters. The molecule has 0 saturated carbocycles. The predicted molar refractivity (Wildman–Crippen MR) is 78.4 cm³/mol. The smallest absolute Gasteiger partial charge is 0.0249 e. The minimum absolute atomic E-state index is 0.527. The molecule has 2 heterocycles. The Morgan fingerprint density at radius 1 is 1.28 bits per heavy atom. The monoisotopic (exact) mass is 272 g/mol. The zero-order valence-corrected chi connectivity index (χ0v) is 12.7. The van der Waals surface area contributed by atoms with Crippen LogP contribution in [-0.2, 0) is 10.8 Å². The maximum atomic E-state index is 11.4. The van der Waals surface area contributed by atoms with Gasteiger partial charge in [0.25, 0.3) is 0 Å². The van der Waals surface area contributed by atoms with Crippen molar-refractivity contribution in [3.63, 3.8) is 0 Å². The second kappa shape index (κ2) is 7.01. The first-order valence-corrected chi connectivity index (χ1v) is 9.03. The quantitative estimate of drug-likeness (QED) is 0.846. The molecule has 0 aromatic carbocycles. The van der Waals surface area contributed by atoms with Crippen molar-refractivity contribution in [2.24, 2.45) is 0 Å². The van der Waals surface area contributed by atoms with E-state index in [1.807, 2.05) is 0 Å². The predicted octanol–water partition coefficient (Wildman–Crippen LogP) is 1.75. The van der Waals surface area contributed by atoms with Crippen molar-refractivity contribution in [1.82, 2.24) is 10.2 Å². The number of hydrogen-bond donors (Lipinski definition) is 1. The van der Waals surface area contributed by atoms with E-state index in [-0.39, 0.29) is 0 Å². The topological polar surface area (TPSA) is 32.3 Å². The normalized spacial score (nSPS) is 38.8. The third-order valence-electron chi connectivity index (χ3n) is 4.44. The van der Waals surface area contributed by atoms with Gasteiger partial charge in [0, 0.05) is 47.0 Å². The Kier molecular flexibility index (Phi) is 5.64. The first-order chi connectivity index (χ1) is 8.70. The minimum atomic E-state index is -0.527. The van der Waals surface area contributed by atoms with Gasteiger partial charge < -0.3 is 5.32 Å². The van der Waals surface area contributed by atoms with Gasteiger partial charge in [-0.05, 0) is 45.6 Å². The summed E-state index contributed by atoms with van der Waals surface area (Å²) < 4.78 is 11.4. The Morgan fingerprint density at radius 2 is 2.00 bits per heavy atom. The average Bonchev–Trinajstić information content (AvgIpc) is 2.38.